The van der Waals surface area contributed by atoms with Crippen molar-refractivity contribution in [2.75, 3.05) is 0 Å². The summed E-state index contributed by atoms with van der Waals surface area (Å²) in [5.74, 6) is -1.89. The Hall–Kier alpha value is -3.54. The van der Waals surface area contributed by atoms with Crippen LogP contribution >= 0.6 is 0 Å². The molecule has 6 heteroatoms. The van der Waals surface area contributed by atoms with E-state index in [-0.39, 0.29) is 11.4 Å². The number of rotatable bonds is 7. The molecule has 0 aliphatic heterocycles. The topological polar surface area (TPSA) is 84.5 Å². The largest absolute Gasteiger partial charge is 0.477 e. The molecule has 0 spiro atoms. The molecule has 142 valence electrons. The average Bonchev–Trinajstić information content (AvgIpc) is 3.24. The number of carbonyl (C=O) groups is 2. The van der Waals surface area contributed by atoms with Gasteiger partial charge in [-0.1, -0.05) is 36.4 Å². The van der Waals surface area contributed by atoms with Crippen molar-refractivity contribution >= 4 is 33.7 Å². The van der Waals surface area contributed by atoms with Gasteiger partial charge in [0.05, 0.1) is 0 Å². The Bertz CT molecular complexity index is 1090. The fourth-order valence-electron chi connectivity index (χ4n) is 3.80. The first-order chi connectivity index (χ1) is 13.6. The molecule has 0 atom stereocenters. The first-order valence-electron chi connectivity index (χ1n) is 9.19. The number of nitrogens with zero attached hydrogens (tertiary/aromatic N) is 2. The minimum Gasteiger partial charge on any atom is -0.477 e. The lowest BCUT2D eigenvalue weighted by atomic mass is 10.2. The van der Waals surface area contributed by atoms with Gasteiger partial charge in [-0.05, 0) is 37.1 Å². The molecule has 0 unspecified atom stereocenters. The number of aromatic carboxylic acids is 2. The highest BCUT2D eigenvalue weighted by molar-refractivity contribution is 5.95. The van der Waals surface area contributed by atoms with Gasteiger partial charge < -0.3 is 19.3 Å². The van der Waals surface area contributed by atoms with Crippen molar-refractivity contribution in [3.63, 3.8) is 0 Å². The van der Waals surface area contributed by atoms with E-state index in [0.29, 0.717) is 13.1 Å². The van der Waals surface area contributed by atoms with Gasteiger partial charge in [0.15, 0.2) is 0 Å². The van der Waals surface area contributed by atoms with E-state index in [9.17, 15) is 19.8 Å². The molecule has 2 aromatic heterocycles. The number of para-hydroxylation sites is 2. The summed E-state index contributed by atoms with van der Waals surface area (Å²) < 4.78 is 3.65. The van der Waals surface area contributed by atoms with Crippen LogP contribution in [0.5, 0.6) is 0 Å². The molecule has 4 rings (SSSR count). The monoisotopic (exact) mass is 376 g/mol. The van der Waals surface area contributed by atoms with Crippen LogP contribution in [0.25, 0.3) is 21.8 Å². The molecule has 0 aliphatic carbocycles. The first-order valence-corrected chi connectivity index (χ1v) is 9.19. The summed E-state index contributed by atoms with van der Waals surface area (Å²) in [5.41, 5.74) is 2.35. The molecule has 2 aromatic carbocycles. The molecule has 0 fully saturated rings. The van der Waals surface area contributed by atoms with Crippen LogP contribution in [-0.4, -0.2) is 31.3 Å². The number of aromatic nitrogens is 2. The summed E-state index contributed by atoms with van der Waals surface area (Å²) in [6, 6.07) is 18.6. The zero-order valence-electron chi connectivity index (χ0n) is 15.2. The summed E-state index contributed by atoms with van der Waals surface area (Å²) in [6.07, 6.45) is 1.48. The van der Waals surface area contributed by atoms with E-state index in [2.05, 4.69) is 0 Å². The van der Waals surface area contributed by atoms with Gasteiger partial charge in [0.1, 0.15) is 11.4 Å². The minimum atomic E-state index is -0.944. The number of fused-ring (bicyclic) bond motifs is 2. The van der Waals surface area contributed by atoms with Gasteiger partial charge in [0.25, 0.3) is 0 Å². The normalized spacial score (nSPS) is 11.3. The lowest BCUT2D eigenvalue weighted by molar-refractivity contribution is 0.0674. The predicted molar refractivity (Wildman–Crippen MR) is 107 cm³/mol. The van der Waals surface area contributed by atoms with Gasteiger partial charge in [0, 0.05) is 34.9 Å². The van der Waals surface area contributed by atoms with Crippen LogP contribution in [-0.2, 0) is 13.1 Å². The maximum absolute atomic E-state index is 11.6. The lowest BCUT2D eigenvalue weighted by Crippen LogP contribution is -2.11. The highest BCUT2D eigenvalue weighted by Gasteiger charge is 2.16. The van der Waals surface area contributed by atoms with Crippen LogP contribution in [0.4, 0.5) is 0 Å². The fraction of sp³-hybridized carbons (Fsp3) is 0.182. The third-order valence-corrected chi connectivity index (χ3v) is 5.07. The number of hydrogen-bond donors (Lipinski definition) is 2. The number of aryl methyl sites for hydroxylation is 2. The standard InChI is InChI=1S/C22H20N2O4/c25-21(26)19-13-15-7-1-3-9-17(15)23(19)11-5-6-12-24-18-10-4-2-8-16(18)14-20(24)22(27)28/h1-4,7-10,13-14H,5-6,11-12H2,(H,25,26)(H,27,28). The number of hydrogen-bond acceptors (Lipinski definition) is 2. The Morgan fingerprint density at radius 3 is 1.46 bits per heavy atom. The van der Waals surface area contributed by atoms with Gasteiger partial charge >= 0.3 is 11.9 Å². The van der Waals surface area contributed by atoms with Crippen LogP contribution in [0.2, 0.25) is 0 Å². The molecular formula is C22H20N2O4. The van der Waals surface area contributed by atoms with Gasteiger partial charge in [0.2, 0.25) is 0 Å². The predicted octanol–water partition coefficient (Wildman–Crippen LogP) is 4.47. The Balaban J connectivity index is 1.53. The van der Waals surface area contributed by atoms with E-state index in [1.165, 1.54) is 0 Å². The second-order valence-electron chi connectivity index (χ2n) is 6.80. The highest BCUT2D eigenvalue weighted by atomic mass is 16.4. The van der Waals surface area contributed by atoms with Crippen molar-refractivity contribution in [2.45, 2.75) is 25.9 Å². The molecule has 28 heavy (non-hydrogen) atoms. The minimum absolute atomic E-state index is 0.277. The molecular weight excluding hydrogens is 356 g/mol. The van der Waals surface area contributed by atoms with E-state index < -0.39 is 11.9 Å². The Morgan fingerprint density at radius 2 is 1.07 bits per heavy atom. The number of benzene rings is 2. The van der Waals surface area contributed by atoms with E-state index in [0.717, 1.165) is 34.6 Å². The molecule has 6 nitrogen and oxygen atoms in total. The second kappa shape index (κ2) is 7.23. The summed E-state index contributed by atoms with van der Waals surface area (Å²) in [4.78, 5) is 23.2. The van der Waals surface area contributed by atoms with E-state index in [1.54, 1.807) is 12.1 Å². The van der Waals surface area contributed by atoms with Crippen LogP contribution < -0.4 is 0 Å². The van der Waals surface area contributed by atoms with Crippen molar-refractivity contribution in [1.82, 2.24) is 9.13 Å². The number of carboxylic acids is 2. The zero-order chi connectivity index (χ0) is 19.7. The SMILES string of the molecule is O=C(O)c1cc2ccccc2n1CCCCn1c(C(=O)O)cc2ccccc21. The third kappa shape index (κ3) is 3.13. The molecule has 4 aromatic rings. The fourth-order valence-corrected chi connectivity index (χ4v) is 3.80. The summed E-state index contributed by atoms with van der Waals surface area (Å²) in [5, 5.41) is 20.8. The van der Waals surface area contributed by atoms with Gasteiger partial charge in [-0.2, -0.15) is 0 Å². The molecule has 2 heterocycles. The maximum Gasteiger partial charge on any atom is 0.352 e. The van der Waals surface area contributed by atoms with Crippen molar-refractivity contribution < 1.29 is 19.8 Å². The third-order valence-electron chi connectivity index (χ3n) is 5.07. The summed E-state index contributed by atoms with van der Waals surface area (Å²) >= 11 is 0. The summed E-state index contributed by atoms with van der Waals surface area (Å²) in [6.45, 7) is 1.13. The smallest absolute Gasteiger partial charge is 0.352 e. The van der Waals surface area contributed by atoms with Crippen molar-refractivity contribution in [1.29, 1.82) is 0 Å². The van der Waals surface area contributed by atoms with Crippen LogP contribution in [0.3, 0.4) is 0 Å². The van der Waals surface area contributed by atoms with Crippen LogP contribution in [0.15, 0.2) is 60.7 Å². The number of carboxylic acid groups (broad SMARTS) is 2. The van der Waals surface area contributed by atoms with Crippen LogP contribution in [0, 0.1) is 0 Å². The molecule has 0 radical (unpaired) electrons. The van der Waals surface area contributed by atoms with E-state index in [4.69, 9.17) is 0 Å². The van der Waals surface area contributed by atoms with Gasteiger partial charge in [-0.15, -0.1) is 0 Å². The molecule has 0 aliphatic rings. The van der Waals surface area contributed by atoms with E-state index >= 15 is 0 Å². The Kier molecular flexibility index (Phi) is 4.61. The van der Waals surface area contributed by atoms with Crippen molar-refractivity contribution in [3.8, 4) is 0 Å². The number of unbranched alkanes of at least 4 members (excludes halogenated alkanes) is 1. The van der Waals surface area contributed by atoms with Gasteiger partial charge in [-0.3, -0.25) is 0 Å². The molecule has 0 bridgehead atoms. The van der Waals surface area contributed by atoms with Gasteiger partial charge in [-0.25, -0.2) is 9.59 Å². The Morgan fingerprint density at radius 1 is 0.679 bits per heavy atom. The lowest BCUT2D eigenvalue weighted by Gasteiger charge is -2.11. The second-order valence-corrected chi connectivity index (χ2v) is 6.80. The summed E-state index contributed by atoms with van der Waals surface area (Å²) in [7, 11) is 0. The van der Waals surface area contributed by atoms with Crippen molar-refractivity contribution in [2.24, 2.45) is 0 Å². The molecule has 0 amide bonds. The molecule has 0 saturated carbocycles. The quantitative estimate of drug-likeness (QED) is 0.466. The van der Waals surface area contributed by atoms with Crippen LogP contribution in [0.1, 0.15) is 33.8 Å². The Labute approximate surface area is 161 Å². The first kappa shape index (κ1) is 17.9. The zero-order valence-corrected chi connectivity index (χ0v) is 15.2. The molecule has 2 N–H and O–H groups in total. The highest BCUT2D eigenvalue weighted by Crippen LogP contribution is 2.23. The maximum atomic E-state index is 11.6. The van der Waals surface area contributed by atoms with Crippen molar-refractivity contribution in [3.05, 3.63) is 72.1 Å². The van der Waals surface area contributed by atoms with E-state index in [1.807, 2.05) is 57.7 Å². The molecule has 0 saturated heterocycles. The average molecular weight is 376 g/mol.